The summed E-state index contributed by atoms with van der Waals surface area (Å²) in [6.07, 6.45) is 0.649. The molecule has 0 atom stereocenters. The summed E-state index contributed by atoms with van der Waals surface area (Å²) >= 11 is 0. The van der Waals surface area contributed by atoms with Gasteiger partial charge in [-0.2, -0.15) is 0 Å². The van der Waals surface area contributed by atoms with Gasteiger partial charge in [-0.25, -0.2) is 9.59 Å². The minimum atomic E-state index is -0.944. The fourth-order valence-electron chi connectivity index (χ4n) is 1.38. The van der Waals surface area contributed by atoms with Gasteiger partial charge in [0.25, 0.3) is 0 Å². The van der Waals surface area contributed by atoms with E-state index in [-0.39, 0.29) is 11.6 Å². The lowest BCUT2D eigenvalue weighted by Gasteiger charge is -2.06. The molecule has 0 aliphatic carbocycles. The van der Waals surface area contributed by atoms with Crippen molar-refractivity contribution in [2.45, 2.75) is 6.42 Å². The Morgan fingerprint density at radius 3 is 2.28 bits per heavy atom. The van der Waals surface area contributed by atoms with Gasteiger partial charge in [0, 0.05) is 19.6 Å². The standard InChI is InChI=1S/C12H17N3O3/c13-6-8-15-12(18)14-7-5-9-1-3-10(4-2-9)11(16)17/h1-4H,5-8,13H2,(H,16,17)(H2,14,15,18). The Morgan fingerprint density at radius 1 is 1.11 bits per heavy atom. The average Bonchev–Trinajstić information content (AvgIpc) is 2.37. The summed E-state index contributed by atoms with van der Waals surface area (Å²) in [6.45, 7) is 1.34. The quantitative estimate of drug-likeness (QED) is 0.579. The van der Waals surface area contributed by atoms with Gasteiger partial charge in [0.15, 0.2) is 0 Å². The predicted molar refractivity (Wildman–Crippen MR) is 67.6 cm³/mol. The summed E-state index contributed by atoms with van der Waals surface area (Å²) in [5.41, 5.74) is 6.47. The molecule has 0 aliphatic rings. The number of benzene rings is 1. The molecule has 0 heterocycles. The van der Waals surface area contributed by atoms with Crippen molar-refractivity contribution in [2.75, 3.05) is 19.6 Å². The van der Waals surface area contributed by atoms with Crippen LogP contribution in [-0.2, 0) is 6.42 Å². The van der Waals surface area contributed by atoms with Crippen LogP contribution in [0.15, 0.2) is 24.3 Å². The highest BCUT2D eigenvalue weighted by atomic mass is 16.4. The third-order valence-electron chi connectivity index (χ3n) is 2.33. The number of hydrogen-bond acceptors (Lipinski definition) is 3. The molecule has 1 aromatic rings. The normalized spacial score (nSPS) is 9.83. The molecular weight excluding hydrogens is 234 g/mol. The predicted octanol–water partition coefficient (Wildman–Crippen LogP) is 0.185. The van der Waals surface area contributed by atoms with Crippen molar-refractivity contribution in [3.05, 3.63) is 35.4 Å². The fourth-order valence-corrected chi connectivity index (χ4v) is 1.38. The van der Waals surface area contributed by atoms with Gasteiger partial charge in [-0.1, -0.05) is 12.1 Å². The number of carboxylic acids is 1. The molecule has 0 saturated heterocycles. The number of amides is 2. The second-order valence-electron chi connectivity index (χ2n) is 3.72. The molecule has 0 radical (unpaired) electrons. The van der Waals surface area contributed by atoms with Crippen LogP contribution in [0.2, 0.25) is 0 Å². The van der Waals surface area contributed by atoms with Gasteiger partial charge in [-0.05, 0) is 24.1 Å². The zero-order chi connectivity index (χ0) is 13.4. The Kier molecular flexibility index (Phi) is 5.66. The van der Waals surface area contributed by atoms with Gasteiger partial charge in [-0.3, -0.25) is 0 Å². The number of nitrogens with one attached hydrogen (secondary N) is 2. The maximum Gasteiger partial charge on any atom is 0.335 e. The van der Waals surface area contributed by atoms with Crippen molar-refractivity contribution in [1.82, 2.24) is 10.6 Å². The van der Waals surface area contributed by atoms with E-state index in [1.54, 1.807) is 24.3 Å². The molecule has 0 bridgehead atoms. The van der Waals surface area contributed by atoms with Gasteiger partial charge < -0.3 is 21.5 Å². The molecule has 0 spiro atoms. The van der Waals surface area contributed by atoms with E-state index in [9.17, 15) is 9.59 Å². The van der Waals surface area contributed by atoms with Crippen LogP contribution in [0.3, 0.4) is 0 Å². The first-order valence-corrected chi connectivity index (χ1v) is 5.67. The van der Waals surface area contributed by atoms with E-state index in [4.69, 9.17) is 10.8 Å². The first-order chi connectivity index (χ1) is 8.63. The summed E-state index contributed by atoms with van der Waals surface area (Å²) < 4.78 is 0. The van der Waals surface area contributed by atoms with Gasteiger partial charge in [0.05, 0.1) is 5.56 Å². The van der Waals surface area contributed by atoms with Gasteiger partial charge in [0.2, 0.25) is 0 Å². The third-order valence-corrected chi connectivity index (χ3v) is 2.33. The van der Waals surface area contributed by atoms with Crippen molar-refractivity contribution >= 4 is 12.0 Å². The Labute approximate surface area is 105 Å². The number of hydrogen-bond donors (Lipinski definition) is 4. The number of carbonyl (C=O) groups excluding carboxylic acids is 1. The lowest BCUT2D eigenvalue weighted by molar-refractivity contribution is 0.0697. The lowest BCUT2D eigenvalue weighted by atomic mass is 10.1. The molecule has 0 aliphatic heterocycles. The molecule has 5 N–H and O–H groups in total. The molecule has 0 fully saturated rings. The van der Waals surface area contributed by atoms with Crippen LogP contribution in [-0.4, -0.2) is 36.7 Å². The van der Waals surface area contributed by atoms with E-state index >= 15 is 0 Å². The van der Waals surface area contributed by atoms with E-state index in [0.29, 0.717) is 26.1 Å². The molecule has 1 aromatic carbocycles. The monoisotopic (exact) mass is 251 g/mol. The average molecular weight is 251 g/mol. The Hall–Kier alpha value is -2.08. The van der Waals surface area contributed by atoms with Crippen molar-refractivity contribution in [3.8, 4) is 0 Å². The molecule has 98 valence electrons. The minimum absolute atomic E-state index is 0.248. The smallest absolute Gasteiger partial charge is 0.335 e. The first kappa shape index (κ1) is 14.0. The highest BCUT2D eigenvalue weighted by Gasteiger charge is 2.02. The van der Waals surface area contributed by atoms with Crippen LogP contribution in [0, 0.1) is 0 Å². The number of rotatable bonds is 6. The van der Waals surface area contributed by atoms with Crippen LogP contribution in [0.25, 0.3) is 0 Å². The van der Waals surface area contributed by atoms with E-state index in [0.717, 1.165) is 5.56 Å². The van der Waals surface area contributed by atoms with Gasteiger partial charge >= 0.3 is 12.0 Å². The van der Waals surface area contributed by atoms with E-state index in [1.165, 1.54) is 0 Å². The Balaban J connectivity index is 2.31. The highest BCUT2D eigenvalue weighted by molar-refractivity contribution is 5.87. The molecule has 0 saturated carbocycles. The zero-order valence-electron chi connectivity index (χ0n) is 9.98. The molecule has 18 heavy (non-hydrogen) atoms. The van der Waals surface area contributed by atoms with E-state index < -0.39 is 5.97 Å². The number of urea groups is 1. The summed E-state index contributed by atoms with van der Waals surface area (Å²) in [6, 6.07) is 6.33. The summed E-state index contributed by atoms with van der Waals surface area (Å²) in [5, 5.41) is 14.0. The lowest BCUT2D eigenvalue weighted by Crippen LogP contribution is -2.39. The maximum atomic E-state index is 11.2. The van der Waals surface area contributed by atoms with Crippen LogP contribution in [0.5, 0.6) is 0 Å². The summed E-state index contributed by atoms with van der Waals surface area (Å²) in [5.74, 6) is -0.944. The molecule has 6 nitrogen and oxygen atoms in total. The number of nitrogens with two attached hydrogens (primary N) is 1. The number of aromatic carboxylic acids is 1. The van der Waals surface area contributed by atoms with Gasteiger partial charge in [-0.15, -0.1) is 0 Å². The summed E-state index contributed by atoms with van der Waals surface area (Å²) in [4.78, 5) is 21.8. The Bertz CT molecular complexity index is 404. The van der Waals surface area contributed by atoms with Crippen molar-refractivity contribution < 1.29 is 14.7 Å². The summed E-state index contributed by atoms with van der Waals surface area (Å²) in [7, 11) is 0. The maximum absolute atomic E-state index is 11.2. The second kappa shape index (κ2) is 7.29. The van der Waals surface area contributed by atoms with Crippen molar-refractivity contribution in [1.29, 1.82) is 0 Å². The number of carbonyl (C=O) groups is 2. The molecule has 2 amide bonds. The molecule has 0 unspecified atom stereocenters. The molecule has 6 heteroatoms. The number of carboxylic acid groups (broad SMARTS) is 1. The molecule has 0 aromatic heterocycles. The molecular formula is C12H17N3O3. The fraction of sp³-hybridized carbons (Fsp3) is 0.333. The largest absolute Gasteiger partial charge is 0.478 e. The van der Waals surface area contributed by atoms with Crippen molar-refractivity contribution in [3.63, 3.8) is 0 Å². The first-order valence-electron chi connectivity index (χ1n) is 5.67. The minimum Gasteiger partial charge on any atom is -0.478 e. The highest BCUT2D eigenvalue weighted by Crippen LogP contribution is 2.04. The SMILES string of the molecule is NCCNC(=O)NCCc1ccc(C(=O)O)cc1. The van der Waals surface area contributed by atoms with Crippen molar-refractivity contribution in [2.24, 2.45) is 5.73 Å². The van der Waals surface area contributed by atoms with Gasteiger partial charge in [0.1, 0.15) is 0 Å². The van der Waals surface area contributed by atoms with Crippen LogP contribution in [0.4, 0.5) is 4.79 Å². The molecule has 1 rings (SSSR count). The third kappa shape index (κ3) is 4.84. The van der Waals surface area contributed by atoms with Crippen LogP contribution >= 0.6 is 0 Å². The van der Waals surface area contributed by atoms with Crippen LogP contribution in [0.1, 0.15) is 15.9 Å². The van der Waals surface area contributed by atoms with E-state index in [1.807, 2.05) is 0 Å². The van der Waals surface area contributed by atoms with E-state index in [2.05, 4.69) is 10.6 Å². The second-order valence-corrected chi connectivity index (χ2v) is 3.72. The topological polar surface area (TPSA) is 104 Å². The Morgan fingerprint density at radius 2 is 1.72 bits per heavy atom. The zero-order valence-corrected chi connectivity index (χ0v) is 9.98. The van der Waals surface area contributed by atoms with Crippen LogP contribution < -0.4 is 16.4 Å².